The lowest BCUT2D eigenvalue weighted by molar-refractivity contribution is -0.141. The Morgan fingerprint density at radius 2 is 2.04 bits per heavy atom. The lowest BCUT2D eigenvalue weighted by Gasteiger charge is -2.15. The lowest BCUT2D eigenvalue weighted by Crippen LogP contribution is -2.47. The summed E-state index contributed by atoms with van der Waals surface area (Å²) in [7, 11) is 0. The van der Waals surface area contributed by atoms with Gasteiger partial charge in [0, 0.05) is 6.42 Å². The number of benzene rings is 1. The van der Waals surface area contributed by atoms with Crippen LogP contribution in [0.15, 0.2) is 29.3 Å². The average molecular weight is 337 g/mol. The summed E-state index contributed by atoms with van der Waals surface area (Å²) in [6.07, 6.45) is 0.107. The van der Waals surface area contributed by atoms with Crippen LogP contribution in [0.5, 0.6) is 0 Å². The molecule has 8 nitrogen and oxygen atoms in total. The van der Waals surface area contributed by atoms with E-state index in [1.54, 1.807) is 24.3 Å². The van der Waals surface area contributed by atoms with Gasteiger partial charge in [0.05, 0.1) is 23.9 Å². The Morgan fingerprint density at radius 1 is 1.35 bits per heavy atom. The molecule has 0 aliphatic carbocycles. The van der Waals surface area contributed by atoms with Crippen LogP contribution in [-0.4, -0.2) is 47.2 Å². The van der Waals surface area contributed by atoms with Crippen LogP contribution in [0.1, 0.15) is 5.56 Å². The fourth-order valence-corrected chi connectivity index (χ4v) is 1.79. The van der Waals surface area contributed by atoms with Gasteiger partial charge in [-0.3, -0.25) is 9.59 Å². The van der Waals surface area contributed by atoms with E-state index < -0.39 is 23.8 Å². The first-order chi connectivity index (χ1) is 11.5. The topological polar surface area (TPSA) is 134 Å². The van der Waals surface area contributed by atoms with Gasteiger partial charge < -0.3 is 21.5 Å². The molecular formula is C14H16N4O4S. The van der Waals surface area contributed by atoms with E-state index in [9.17, 15) is 14.4 Å². The van der Waals surface area contributed by atoms with Crippen LogP contribution in [0, 0.1) is 0 Å². The molecule has 1 rings (SSSR count). The maximum absolute atomic E-state index is 11.8. The Morgan fingerprint density at radius 3 is 2.61 bits per heavy atom. The zero-order chi connectivity index (χ0) is 17.9. The average Bonchev–Trinajstić information content (AvgIpc) is 2.60. The first-order valence-electron chi connectivity index (χ1n) is 7.01. The van der Waals surface area contributed by atoms with Gasteiger partial charge in [0.2, 0.25) is 11.8 Å². The van der Waals surface area contributed by atoms with Crippen LogP contribution in [-0.2, 0) is 20.8 Å². The second kappa shape index (κ2) is 9.42. The lowest BCUT2D eigenvalue weighted by atomic mass is 10.1. The van der Waals surface area contributed by atoms with Crippen molar-refractivity contribution in [3.63, 3.8) is 0 Å². The van der Waals surface area contributed by atoms with Gasteiger partial charge in [-0.05, 0) is 29.9 Å². The normalized spacial score (nSPS) is 11.4. The van der Waals surface area contributed by atoms with Gasteiger partial charge in [-0.1, -0.05) is 12.1 Å². The molecule has 1 atom stereocenters. The van der Waals surface area contributed by atoms with E-state index in [-0.39, 0.29) is 19.5 Å². The highest BCUT2D eigenvalue weighted by atomic mass is 32.1. The van der Waals surface area contributed by atoms with E-state index in [1.807, 2.05) is 0 Å². The van der Waals surface area contributed by atoms with Crippen molar-refractivity contribution in [1.82, 2.24) is 10.6 Å². The number of nitrogens with zero attached hydrogens (tertiary/aromatic N) is 1. The highest BCUT2D eigenvalue weighted by Gasteiger charge is 2.20. The fourth-order valence-electron chi connectivity index (χ4n) is 1.68. The van der Waals surface area contributed by atoms with Crippen molar-refractivity contribution in [3.05, 3.63) is 29.8 Å². The van der Waals surface area contributed by atoms with Gasteiger partial charge in [-0.25, -0.2) is 4.79 Å². The number of carboxylic acids is 1. The molecular weight excluding hydrogens is 320 g/mol. The highest BCUT2D eigenvalue weighted by molar-refractivity contribution is 7.78. The van der Waals surface area contributed by atoms with Gasteiger partial charge in [-0.15, -0.1) is 0 Å². The smallest absolute Gasteiger partial charge is 0.326 e. The third-order valence-electron chi connectivity index (χ3n) is 2.80. The van der Waals surface area contributed by atoms with Crippen LogP contribution in [0.2, 0.25) is 0 Å². The number of nitrogens with one attached hydrogen (secondary N) is 2. The number of aliphatic carboxylic acids is 1. The van der Waals surface area contributed by atoms with Crippen molar-refractivity contribution >= 4 is 40.9 Å². The predicted molar refractivity (Wildman–Crippen MR) is 86.5 cm³/mol. The van der Waals surface area contributed by atoms with Gasteiger partial charge in [0.25, 0.3) is 1.43 Å². The summed E-state index contributed by atoms with van der Waals surface area (Å²) in [5, 5.41) is 10.8. The highest BCUT2D eigenvalue weighted by Crippen LogP contribution is 2.13. The summed E-state index contributed by atoms with van der Waals surface area (Å²) in [5.41, 5.74) is 6.41. The molecule has 0 spiro atoms. The molecule has 0 aliphatic rings. The van der Waals surface area contributed by atoms with E-state index >= 15 is 0 Å². The Bertz CT molecular complexity index is 647. The van der Waals surface area contributed by atoms with E-state index in [0.29, 0.717) is 11.3 Å². The molecule has 122 valence electrons. The molecule has 2 amide bonds. The van der Waals surface area contributed by atoms with Crippen molar-refractivity contribution in [1.29, 1.82) is 1.43 Å². The molecule has 0 saturated carbocycles. The summed E-state index contributed by atoms with van der Waals surface area (Å²) in [6, 6.07) is 5.66. The minimum Gasteiger partial charge on any atom is -0.480 e. The number of amides is 2. The SMILES string of the molecule is [2H]OC(=O)[C@H](Cc1ccc(N=C=S)cc1)NC(=O)CNC(=O)CN. The van der Waals surface area contributed by atoms with E-state index in [0.717, 1.165) is 0 Å². The molecule has 9 heteroatoms. The molecule has 0 heterocycles. The zero-order valence-corrected chi connectivity index (χ0v) is 12.9. The minimum absolute atomic E-state index is 0.107. The molecule has 5 N–H and O–H groups in total. The van der Waals surface area contributed by atoms with E-state index in [2.05, 4.69) is 38.1 Å². The number of carboxylic acid groups (broad SMARTS) is 1. The molecule has 0 bridgehead atoms. The van der Waals surface area contributed by atoms with Crippen LogP contribution >= 0.6 is 12.2 Å². The summed E-state index contributed by atoms with van der Waals surface area (Å²) >= 11 is 4.50. The molecule has 0 radical (unpaired) electrons. The van der Waals surface area contributed by atoms with Crippen molar-refractivity contribution in [2.45, 2.75) is 12.5 Å². The zero-order valence-electron chi connectivity index (χ0n) is 13.1. The third kappa shape index (κ3) is 6.79. The molecule has 1 aromatic carbocycles. The van der Waals surface area contributed by atoms with Crippen molar-refractivity contribution in [2.75, 3.05) is 13.1 Å². The third-order valence-corrected chi connectivity index (χ3v) is 2.89. The van der Waals surface area contributed by atoms with Gasteiger partial charge in [-0.2, -0.15) is 4.99 Å². The molecule has 23 heavy (non-hydrogen) atoms. The number of carbonyl (C=O) groups is 3. The number of carbonyl (C=O) groups excluding carboxylic acids is 2. The second-order valence-electron chi connectivity index (χ2n) is 4.49. The number of thiocarbonyl (C=S) groups is 1. The van der Waals surface area contributed by atoms with Gasteiger partial charge >= 0.3 is 5.97 Å². The number of rotatable bonds is 8. The molecule has 1 aromatic rings. The Hall–Kier alpha value is -2.61. The molecule has 0 aliphatic heterocycles. The maximum atomic E-state index is 11.8. The summed E-state index contributed by atoms with van der Waals surface area (Å²) < 4.78 is 6.72. The second-order valence-corrected chi connectivity index (χ2v) is 4.68. The van der Waals surface area contributed by atoms with E-state index in [1.165, 1.54) is 0 Å². The van der Waals surface area contributed by atoms with Crippen LogP contribution in [0.3, 0.4) is 0 Å². The number of aliphatic imine (C=N–C) groups is 1. The van der Waals surface area contributed by atoms with Gasteiger partial charge in [0.15, 0.2) is 0 Å². The number of hydrogen-bond donors (Lipinski definition) is 4. The van der Waals surface area contributed by atoms with Crippen molar-refractivity contribution in [3.8, 4) is 0 Å². The number of isothiocyanates is 1. The summed E-state index contributed by atoms with van der Waals surface area (Å²) in [4.78, 5) is 38.2. The van der Waals surface area contributed by atoms with E-state index in [4.69, 9.17) is 7.16 Å². The van der Waals surface area contributed by atoms with Crippen molar-refractivity contribution < 1.29 is 19.5 Å². The Balaban J connectivity index is 2.71. The predicted octanol–water partition coefficient (Wildman–Crippen LogP) is -0.392. The standard InChI is InChI=1S/C14H16N4O4S/c15-6-12(19)16-7-13(20)18-11(14(21)22)5-9-1-3-10(4-2-9)17-8-23/h1-4,11H,5-7,15H2,(H,16,19)(H,18,20)(H,21,22)/t11-/m0/s1/i/hD. The number of nitrogens with two attached hydrogens (primary N) is 1. The summed E-state index contributed by atoms with van der Waals surface area (Å²) in [6.45, 7) is -0.581. The quantitative estimate of drug-likeness (QED) is 0.377. The first kappa shape index (κ1) is 16.8. The van der Waals surface area contributed by atoms with Gasteiger partial charge in [0.1, 0.15) is 6.04 Å². The van der Waals surface area contributed by atoms with Crippen LogP contribution < -0.4 is 16.4 Å². The molecule has 0 saturated heterocycles. The number of hydrogen-bond acceptors (Lipinski definition) is 7. The van der Waals surface area contributed by atoms with Crippen molar-refractivity contribution in [2.24, 2.45) is 10.7 Å². The first-order valence-corrected chi connectivity index (χ1v) is 7.01. The molecule has 0 aromatic heterocycles. The monoisotopic (exact) mass is 337 g/mol. The Labute approximate surface area is 139 Å². The Kier molecular flexibility index (Phi) is 6.86. The summed E-state index contributed by atoms with van der Waals surface area (Å²) in [5.74, 6) is -2.02. The fraction of sp³-hybridized carbons (Fsp3) is 0.286. The minimum atomic E-state index is -1.07. The molecule has 0 unspecified atom stereocenters. The molecule has 0 fully saturated rings. The largest absolute Gasteiger partial charge is 0.480 e. The van der Waals surface area contributed by atoms with Crippen LogP contribution in [0.25, 0.3) is 1.43 Å². The maximum Gasteiger partial charge on any atom is 0.326 e. The van der Waals surface area contributed by atoms with Crippen LogP contribution in [0.4, 0.5) is 5.69 Å².